The molecule has 3 rings (SSSR count). The molecule has 0 radical (unpaired) electrons. The van der Waals surface area contributed by atoms with Gasteiger partial charge in [0.1, 0.15) is 0 Å². The average molecular weight is 472 g/mol. The summed E-state index contributed by atoms with van der Waals surface area (Å²) in [4.78, 5) is 14.9. The van der Waals surface area contributed by atoms with Crippen molar-refractivity contribution in [3.05, 3.63) is 69.7 Å². The van der Waals surface area contributed by atoms with Crippen molar-refractivity contribution in [1.82, 2.24) is 10.2 Å². The van der Waals surface area contributed by atoms with Crippen molar-refractivity contribution in [3.8, 4) is 0 Å². The molecule has 6 heteroatoms. The topological polar surface area (TPSA) is 32.3 Å². The molecule has 0 unspecified atom stereocenters. The standard InChI is InChI=1S/C24H31ClN2O.2ClH/c1-27(17-13-20-6-2-3-7-23(20)25)16-5-4-8-24(28)22-10-9-19-11-14-26-15-12-21(19)18-22;;/h2-3,6-7,9-10,18,26H,4-5,8,11-17H2,1H3;2*1H. The molecular weight excluding hydrogens is 439 g/mol. The van der Waals surface area contributed by atoms with Gasteiger partial charge in [-0.3, -0.25) is 4.79 Å². The zero-order valence-corrected chi connectivity index (χ0v) is 20.1. The van der Waals surface area contributed by atoms with Gasteiger partial charge in [0.25, 0.3) is 0 Å². The Hall–Kier alpha value is -1.10. The zero-order valence-electron chi connectivity index (χ0n) is 17.7. The summed E-state index contributed by atoms with van der Waals surface area (Å²) in [6.45, 7) is 4.03. The highest BCUT2D eigenvalue weighted by Gasteiger charge is 2.12. The molecule has 0 fully saturated rings. The summed E-state index contributed by atoms with van der Waals surface area (Å²) in [7, 11) is 2.14. The molecule has 1 N–H and O–H groups in total. The van der Waals surface area contributed by atoms with Crippen LogP contribution in [0.1, 0.15) is 46.3 Å². The van der Waals surface area contributed by atoms with Crippen molar-refractivity contribution in [3.63, 3.8) is 0 Å². The lowest BCUT2D eigenvalue weighted by atomic mass is 9.97. The van der Waals surface area contributed by atoms with E-state index in [0.717, 1.165) is 68.9 Å². The van der Waals surface area contributed by atoms with Gasteiger partial charge in [0, 0.05) is 23.6 Å². The monoisotopic (exact) mass is 470 g/mol. The van der Waals surface area contributed by atoms with Gasteiger partial charge in [-0.1, -0.05) is 41.9 Å². The Kier molecular flexibility index (Phi) is 12.6. The SMILES string of the molecule is CN(CCCCC(=O)c1ccc2c(c1)CCNCC2)CCc1ccccc1Cl.Cl.Cl. The van der Waals surface area contributed by atoms with Gasteiger partial charge in [-0.15, -0.1) is 24.8 Å². The number of carbonyl (C=O) groups is 1. The third-order valence-electron chi connectivity index (χ3n) is 5.58. The number of nitrogens with one attached hydrogen (secondary N) is 1. The quantitative estimate of drug-likeness (QED) is 0.392. The first kappa shape index (κ1) is 26.9. The molecule has 0 aromatic heterocycles. The number of likely N-dealkylation sites (N-methyl/N-ethyl adjacent to an activating group) is 1. The van der Waals surface area contributed by atoms with E-state index in [1.807, 2.05) is 24.3 Å². The predicted molar refractivity (Wildman–Crippen MR) is 132 cm³/mol. The highest BCUT2D eigenvalue weighted by molar-refractivity contribution is 6.31. The van der Waals surface area contributed by atoms with Gasteiger partial charge in [0.15, 0.2) is 5.78 Å². The van der Waals surface area contributed by atoms with Crippen LogP contribution < -0.4 is 5.32 Å². The third kappa shape index (κ3) is 8.20. The number of hydrogen-bond donors (Lipinski definition) is 1. The molecule has 0 amide bonds. The first-order chi connectivity index (χ1) is 13.6. The average Bonchev–Trinajstić information content (AvgIpc) is 2.95. The van der Waals surface area contributed by atoms with E-state index in [1.54, 1.807) is 0 Å². The Morgan fingerprint density at radius 3 is 2.50 bits per heavy atom. The Balaban J connectivity index is 0.00000225. The van der Waals surface area contributed by atoms with Crippen LogP contribution in [0.3, 0.4) is 0 Å². The van der Waals surface area contributed by atoms with Crippen LogP contribution in [0.25, 0.3) is 0 Å². The van der Waals surface area contributed by atoms with E-state index in [9.17, 15) is 4.79 Å². The maximum Gasteiger partial charge on any atom is 0.162 e. The van der Waals surface area contributed by atoms with Gasteiger partial charge in [-0.25, -0.2) is 0 Å². The van der Waals surface area contributed by atoms with Crippen LogP contribution in [-0.4, -0.2) is 43.9 Å². The number of hydrogen-bond acceptors (Lipinski definition) is 3. The summed E-state index contributed by atoms with van der Waals surface area (Å²) in [5, 5.41) is 4.27. The van der Waals surface area contributed by atoms with Crippen LogP contribution >= 0.6 is 36.4 Å². The molecule has 2 aromatic carbocycles. The summed E-state index contributed by atoms with van der Waals surface area (Å²) in [5.74, 6) is 0.277. The molecule has 1 aliphatic rings. The molecule has 0 saturated carbocycles. The molecule has 30 heavy (non-hydrogen) atoms. The molecule has 0 spiro atoms. The molecular formula is C24H33Cl3N2O. The number of ketones is 1. The fourth-order valence-corrected chi connectivity index (χ4v) is 4.01. The minimum absolute atomic E-state index is 0. The number of halogens is 3. The lowest BCUT2D eigenvalue weighted by Gasteiger charge is -2.16. The van der Waals surface area contributed by atoms with Crippen molar-refractivity contribution in [1.29, 1.82) is 0 Å². The normalized spacial score (nSPS) is 13.0. The predicted octanol–water partition coefficient (Wildman–Crippen LogP) is 5.40. The maximum atomic E-state index is 12.6. The van der Waals surface area contributed by atoms with Gasteiger partial charge >= 0.3 is 0 Å². The molecule has 0 aliphatic carbocycles. The minimum Gasteiger partial charge on any atom is -0.316 e. The first-order valence-corrected chi connectivity index (χ1v) is 10.8. The molecule has 3 nitrogen and oxygen atoms in total. The second-order valence-corrected chi connectivity index (χ2v) is 8.17. The van der Waals surface area contributed by atoms with Gasteiger partial charge in [0.05, 0.1) is 0 Å². The van der Waals surface area contributed by atoms with E-state index in [0.29, 0.717) is 6.42 Å². The smallest absolute Gasteiger partial charge is 0.162 e. The number of fused-ring (bicyclic) bond motifs is 1. The summed E-state index contributed by atoms with van der Waals surface area (Å²) >= 11 is 6.22. The number of benzene rings is 2. The Bertz CT molecular complexity index is 798. The summed E-state index contributed by atoms with van der Waals surface area (Å²) in [6.07, 6.45) is 5.65. The van der Waals surface area contributed by atoms with Crippen LogP contribution in [-0.2, 0) is 19.3 Å². The number of nitrogens with zero attached hydrogens (tertiary/aromatic N) is 1. The van der Waals surface area contributed by atoms with E-state index < -0.39 is 0 Å². The molecule has 2 aromatic rings. The Morgan fingerprint density at radius 1 is 1.00 bits per heavy atom. The Morgan fingerprint density at radius 2 is 1.73 bits per heavy atom. The van der Waals surface area contributed by atoms with Gasteiger partial charge < -0.3 is 10.2 Å². The molecule has 1 aliphatic heterocycles. The van der Waals surface area contributed by atoms with E-state index in [-0.39, 0.29) is 30.6 Å². The number of unbranched alkanes of at least 4 members (excludes halogenated alkanes) is 1. The Labute approximate surface area is 198 Å². The van der Waals surface area contributed by atoms with Gasteiger partial charge in [-0.2, -0.15) is 0 Å². The summed E-state index contributed by atoms with van der Waals surface area (Å²) in [6, 6.07) is 14.3. The molecule has 0 saturated heterocycles. The number of Topliss-reactive ketones (excluding diaryl/α,β-unsaturated/α-hetero) is 1. The number of carbonyl (C=O) groups excluding carboxylic acids is 1. The van der Waals surface area contributed by atoms with Crippen molar-refractivity contribution in [2.75, 3.05) is 33.2 Å². The van der Waals surface area contributed by atoms with Crippen LogP contribution in [0.5, 0.6) is 0 Å². The number of rotatable bonds is 9. The summed E-state index contributed by atoms with van der Waals surface area (Å²) in [5.41, 5.74) is 4.81. The van der Waals surface area contributed by atoms with E-state index in [1.165, 1.54) is 16.7 Å². The second-order valence-electron chi connectivity index (χ2n) is 7.76. The van der Waals surface area contributed by atoms with E-state index in [2.05, 4.69) is 35.5 Å². The lowest BCUT2D eigenvalue weighted by molar-refractivity contribution is 0.0978. The molecule has 166 valence electrons. The van der Waals surface area contributed by atoms with Crippen LogP contribution in [0.2, 0.25) is 5.02 Å². The van der Waals surface area contributed by atoms with Crippen molar-refractivity contribution in [2.45, 2.75) is 38.5 Å². The largest absolute Gasteiger partial charge is 0.316 e. The van der Waals surface area contributed by atoms with Gasteiger partial charge in [-0.05, 0) is 87.6 Å². The lowest BCUT2D eigenvalue weighted by Crippen LogP contribution is -2.22. The fourth-order valence-electron chi connectivity index (χ4n) is 3.78. The molecule has 0 atom stereocenters. The third-order valence-corrected chi connectivity index (χ3v) is 5.95. The van der Waals surface area contributed by atoms with Crippen molar-refractivity contribution >= 4 is 42.2 Å². The first-order valence-electron chi connectivity index (χ1n) is 10.4. The second kappa shape index (κ2) is 14.1. The van der Waals surface area contributed by atoms with Crippen molar-refractivity contribution < 1.29 is 4.79 Å². The summed E-state index contributed by atoms with van der Waals surface area (Å²) < 4.78 is 0. The van der Waals surface area contributed by atoms with Crippen LogP contribution in [0.4, 0.5) is 0 Å². The van der Waals surface area contributed by atoms with Crippen LogP contribution in [0.15, 0.2) is 42.5 Å². The molecule has 0 bridgehead atoms. The highest BCUT2D eigenvalue weighted by atomic mass is 35.5. The van der Waals surface area contributed by atoms with Gasteiger partial charge in [0.2, 0.25) is 0 Å². The van der Waals surface area contributed by atoms with Crippen LogP contribution in [0, 0.1) is 0 Å². The minimum atomic E-state index is 0. The fraction of sp³-hybridized carbons (Fsp3) is 0.458. The molecule has 1 heterocycles. The highest BCUT2D eigenvalue weighted by Crippen LogP contribution is 2.18. The zero-order chi connectivity index (χ0) is 19.8. The van der Waals surface area contributed by atoms with Crippen molar-refractivity contribution in [2.24, 2.45) is 0 Å². The van der Waals surface area contributed by atoms with E-state index in [4.69, 9.17) is 11.6 Å². The maximum absolute atomic E-state index is 12.6. The van der Waals surface area contributed by atoms with E-state index >= 15 is 0 Å².